The SMILES string of the molecule is Cc1nn(Cc2ccc(F)cc2)c(Cl)c1C(=O)NCC1=CCC(C(=N)N)C=C1. The number of allylic oxidation sites excluding steroid dienone is 1. The summed E-state index contributed by atoms with van der Waals surface area (Å²) < 4.78 is 14.6. The quantitative estimate of drug-likeness (QED) is 0.512. The number of nitrogens with two attached hydrogens (primary N) is 1. The van der Waals surface area contributed by atoms with Crippen molar-refractivity contribution in [3.63, 3.8) is 0 Å². The lowest BCUT2D eigenvalue weighted by Gasteiger charge is -2.15. The third-order valence-electron chi connectivity index (χ3n) is 4.57. The Balaban J connectivity index is 1.66. The van der Waals surface area contributed by atoms with Crippen molar-refractivity contribution in [3.05, 3.63) is 75.9 Å². The number of amidine groups is 1. The molecule has 146 valence electrons. The van der Waals surface area contributed by atoms with Crippen LogP contribution in [0, 0.1) is 24.1 Å². The van der Waals surface area contributed by atoms with Gasteiger partial charge in [-0.1, -0.05) is 42.0 Å². The number of nitrogens with one attached hydrogen (secondary N) is 2. The van der Waals surface area contributed by atoms with Gasteiger partial charge in [0.05, 0.1) is 23.6 Å². The van der Waals surface area contributed by atoms with E-state index in [1.54, 1.807) is 19.1 Å². The first-order chi connectivity index (χ1) is 13.3. The maximum atomic E-state index is 13.1. The van der Waals surface area contributed by atoms with Crippen molar-refractivity contribution >= 4 is 23.3 Å². The molecule has 6 nitrogen and oxygen atoms in total. The van der Waals surface area contributed by atoms with Gasteiger partial charge in [-0.25, -0.2) is 9.07 Å². The van der Waals surface area contributed by atoms with Gasteiger partial charge in [-0.2, -0.15) is 5.10 Å². The van der Waals surface area contributed by atoms with E-state index in [0.717, 1.165) is 11.1 Å². The van der Waals surface area contributed by atoms with E-state index in [0.29, 0.717) is 30.8 Å². The van der Waals surface area contributed by atoms with Gasteiger partial charge in [0.25, 0.3) is 5.91 Å². The fourth-order valence-corrected chi connectivity index (χ4v) is 3.30. The molecule has 1 aliphatic rings. The van der Waals surface area contributed by atoms with Gasteiger partial charge in [0.1, 0.15) is 11.0 Å². The summed E-state index contributed by atoms with van der Waals surface area (Å²) in [5.41, 5.74) is 8.12. The lowest BCUT2D eigenvalue weighted by atomic mass is 9.96. The Hall–Kier alpha value is -2.93. The standard InChI is InChI=1S/C20H21ClFN5O/c1-12-17(18(21)27(26-12)11-14-4-8-16(22)9-5-14)20(28)25-10-13-2-6-15(7-3-13)19(23)24/h2-6,8-9,15H,7,10-11H2,1H3,(H3,23,24)(H,25,28). The maximum Gasteiger partial charge on any atom is 0.256 e. The molecule has 0 saturated heterocycles. The molecule has 4 N–H and O–H groups in total. The molecule has 2 aromatic rings. The van der Waals surface area contributed by atoms with Gasteiger partial charge >= 0.3 is 0 Å². The minimum atomic E-state index is -0.313. The molecule has 3 rings (SSSR count). The summed E-state index contributed by atoms with van der Waals surface area (Å²) in [6, 6.07) is 6.04. The van der Waals surface area contributed by atoms with E-state index in [9.17, 15) is 9.18 Å². The summed E-state index contributed by atoms with van der Waals surface area (Å²) >= 11 is 6.38. The fourth-order valence-electron chi connectivity index (χ4n) is 2.98. The lowest BCUT2D eigenvalue weighted by molar-refractivity contribution is 0.0956. The molecule has 0 bridgehead atoms. The monoisotopic (exact) mass is 401 g/mol. The van der Waals surface area contributed by atoms with E-state index in [1.807, 2.05) is 18.2 Å². The highest BCUT2D eigenvalue weighted by atomic mass is 35.5. The molecular formula is C20H21ClFN5O. The van der Waals surface area contributed by atoms with Crippen molar-refractivity contribution < 1.29 is 9.18 Å². The van der Waals surface area contributed by atoms with Crippen molar-refractivity contribution in [1.29, 1.82) is 5.41 Å². The summed E-state index contributed by atoms with van der Waals surface area (Å²) in [4.78, 5) is 12.6. The van der Waals surface area contributed by atoms with Crippen LogP contribution < -0.4 is 11.1 Å². The third kappa shape index (κ3) is 4.48. The van der Waals surface area contributed by atoms with Crippen LogP contribution in [0.5, 0.6) is 0 Å². The van der Waals surface area contributed by atoms with Crippen LogP contribution in [0.1, 0.15) is 28.0 Å². The second kappa shape index (κ2) is 8.39. The number of amides is 1. The summed E-state index contributed by atoms with van der Waals surface area (Å²) in [7, 11) is 0. The number of carbonyl (C=O) groups excluding carboxylic acids is 1. The van der Waals surface area contributed by atoms with E-state index < -0.39 is 0 Å². The van der Waals surface area contributed by atoms with E-state index in [4.69, 9.17) is 22.7 Å². The van der Waals surface area contributed by atoms with Crippen LogP contribution >= 0.6 is 11.6 Å². The van der Waals surface area contributed by atoms with Crippen LogP contribution in [0.15, 0.2) is 48.1 Å². The average Bonchev–Trinajstić information content (AvgIpc) is 2.95. The van der Waals surface area contributed by atoms with Crippen LogP contribution in [0.25, 0.3) is 0 Å². The summed E-state index contributed by atoms with van der Waals surface area (Å²) in [5, 5.41) is 14.9. The minimum Gasteiger partial charge on any atom is -0.387 e. The summed E-state index contributed by atoms with van der Waals surface area (Å²) in [6.07, 6.45) is 6.33. The lowest BCUT2D eigenvalue weighted by Crippen LogP contribution is -2.27. The van der Waals surface area contributed by atoms with Crippen LogP contribution in [-0.2, 0) is 6.54 Å². The Bertz CT molecular complexity index is 962. The highest BCUT2D eigenvalue weighted by Crippen LogP contribution is 2.21. The first-order valence-electron chi connectivity index (χ1n) is 8.82. The largest absolute Gasteiger partial charge is 0.387 e. The Labute approximate surface area is 167 Å². The number of aryl methyl sites for hydroxylation is 1. The Morgan fingerprint density at radius 1 is 1.43 bits per heavy atom. The second-order valence-corrected chi connectivity index (χ2v) is 7.01. The zero-order valence-electron chi connectivity index (χ0n) is 15.4. The van der Waals surface area contributed by atoms with Gasteiger partial charge in [-0.05, 0) is 36.6 Å². The molecule has 1 aromatic heterocycles. The number of benzene rings is 1. The number of hydrogen-bond donors (Lipinski definition) is 3. The van der Waals surface area contributed by atoms with Crippen molar-refractivity contribution in [2.45, 2.75) is 19.9 Å². The minimum absolute atomic E-state index is 0.0826. The van der Waals surface area contributed by atoms with E-state index >= 15 is 0 Å². The number of nitrogens with zero attached hydrogens (tertiary/aromatic N) is 2. The van der Waals surface area contributed by atoms with Gasteiger partial charge in [0.2, 0.25) is 0 Å². The molecule has 1 amide bonds. The molecule has 1 heterocycles. The number of aromatic nitrogens is 2. The number of carbonyl (C=O) groups is 1. The van der Waals surface area contributed by atoms with Gasteiger partial charge in [-0.3, -0.25) is 10.2 Å². The number of hydrogen-bond acceptors (Lipinski definition) is 3. The highest BCUT2D eigenvalue weighted by Gasteiger charge is 2.21. The normalized spacial score (nSPS) is 16.0. The summed E-state index contributed by atoms with van der Waals surface area (Å²) in [5.74, 6) is -0.574. The van der Waals surface area contributed by atoms with Crippen LogP contribution in [0.3, 0.4) is 0 Å². The molecule has 1 aliphatic carbocycles. The van der Waals surface area contributed by atoms with E-state index in [-0.39, 0.29) is 28.6 Å². The summed E-state index contributed by atoms with van der Waals surface area (Å²) in [6.45, 7) is 2.41. The second-order valence-electron chi connectivity index (χ2n) is 6.65. The Morgan fingerprint density at radius 2 is 2.14 bits per heavy atom. The fraction of sp³-hybridized carbons (Fsp3) is 0.250. The van der Waals surface area contributed by atoms with Crippen molar-refractivity contribution in [2.24, 2.45) is 11.7 Å². The highest BCUT2D eigenvalue weighted by molar-refractivity contribution is 6.33. The zero-order chi connectivity index (χ0) is 20.3. The van der Waals surface area contributed by atoms with Crippen LogP contribution in [-0.4, -0.2) is 28.1 Å². The third-order valence-corrected chi connectivity index (χ3v) is 4.95. The maximum absolute atomic E-state index is 13.1. The Morgan fingerprint density at radius 3 is 2.75 bits per heavy atom. The molecule has 1 unspecified atom stereocenters. The molecule has 1 aromatic carbocycles. The van der Waals surface area contributed by atoms with Gasteiger partial charge in [-0.15, -0.1) is 0 Å². The molecular weight excluding hydrogens is 381 g/mol. The molecule has 0 aliphatic heterocycles. The topological polar surface area (TPSA) is 96.8 Å². The van der Waals surface area contributed by atoms with E-state index in [2.05, 4.69) is 10.4 Å². The number of halogens is 2. The number of rotatable bonds is 6. The molecule has 0 spiro atoms. The average molecular weight is 402 g/mol. The molecule has 0 fully saturated rings. The molecule has 28 heavy (non-hydrogen) atoms. The molecule has 8 heteroatoms. The van der Waals surface area contributed by atoms with Crippen molar-refractivity contribution in [3.8, 4) is 0 Å². The van der Waals surface area contributed by atoms with Gasteiger partial charge in [0.15, 0.2) is 0 Å². The molecule has 0 radical (unpaired) electrons. The van der Waals surface area contributed by atoms with Crippen LogP contribution in [0.2, 0.25) is 5.15 Å². The van der Waals surface area contributed by atoms with Crippen molar-refractivity contribution in [1.82, 2.24) is 15.1 Å². The molecule has 1 atom stereocenters. The predicted octanol–water partition coefficient (Wildman–Crippen LogP) is 3.20. The Kier molecular flexibility index (Phi) is 5.94. The zero-order valence-corrected chi connectivity index (χ0v) is 16.1. The first-order valence-corrected chi connectivity index (χ1v) is 9.19. The van der Waals surface area contributed by atoms with E-state index in [1.165, 1.54) is 16.8 Å². The van der Waals surface area contributed by atoms with Crippen LogP contribution in [0.4, 0.5) is 4.39 Å². The smallest absolute Gasteiger partial charge is 0.256 e. The molecule has 0 saturated carbocycles. The van der Waals surface area contributed by atoms with Crippen molar-refractivity contribution in [2.75, 3.05) is 6.54 Å². The van der Waals surface area contributed by atoms with Gasteiger partial charge < -0.3 is 11.1 Å². The van der Waals surface area contributed by atoms with Gasteiger partial charge in [0, 0.05) is 12.5 Å². The first kappa shape index (κ1) is 19.8. The predicted molar refractivity (Wildman–Crippen MR) is 107 cm³/mol.